The monoisotopic (exact) mass is 721 g/mol. The number of nitrogens with zero attached hydrogens (tertiary/aromatic N) is 2. The number of para-hydroxylation sites is 2. The van der Waals surface area contributed by atoms with Crippen molar-refractivity contribution in [1.29, 1.82) is 0 Å². The average Bonchev–Trinajstić information content (AvgIpc) is 2.80. The van der Waals surface area contributed by atoms with E-state index in [1.807, 2.05) is 81.7 Å². The summed E-state index contributed by atoms with van der Waals surface area (Å²) in [5, 5.41) is 0.215. The zero-order chi connectivity index (χ0) is 23.9. The molecule has 3 N–H and O–H groups in total. The van der Waals surface area contributed by atoms with Gasteiger partial charge in [-0.25, -0.2) is 4.59 Å². The Morgan fingerprint density at radius 3 is 1.58 bits per heavy atom. The van der Waals surface area contributed by atoms with Crippen molar-refractivity contribution in [1.82, 2.24) is 14.6 Å². The quantitative estimate of drug-likeness (QED) is 0.115. The lowest BCUT2D eigenvalue weighted by Crippen LogP contribution is -3.00. The second kappa shape index (κ2) is 19.7. The zero-order valence-electron chi connectivity index (χ0n) is 18.9. The van der Waals surface area contributed by atoms with Gasteiger partial charge in [0.05, 0.1) is 31.3 Å². The van der Waals surface area contributed by atoms with Gasteiger partial charge in [-0.15, -0.1) is 0 Å². The molecule has 0 unspecified atom stereocenters. The lowest BCUT2D eigenvalue weighted by Gasteiger charge is -2.31. The highest BCUT2D eigenvalue weighted by molar-refractivity contribution is 9.09. The highest BCUT2D eigenvalue weighted by Gasteiger charge is 2.24. The van der Waals surface area contributed by atoms with E-state index < -0.39 is 0 Å². The van der Waals surface area contributed by atoms with Crippen LogP contribution in [0.25, 0.3) is 0 Å². The van der Waals surface area contributed by atoms with Gasteiger partial charge >= 0.3 is 0 Å². The maximum Gasteiger partial charge on any atom is 0.275 e. The summed E-state index contributed by atoms with van der Waals surface area (Å²) >= 11 is 10.8. The lowest BCUT2D eigenvalue weighted by atomic mass is 10.3. The number of alkyl halides is 2. The number of nitrogens with one attached hydrogen (secondary N) is 1. The Bertz CT molecular complexity index is 787. The number of rotatable bonds is 7. The molecule has 0 spiro atoms. The lowest BCUT2D eigenvalue weighted by molar-refractivity contribution is -0.122. The Labute approximate surface area is 238 Å². The molecule has 2 aromatic rings. The predicted octanol–water partition coefficient (Wildman–Crippen LogP) is 2.37. The van der Waals surface area contributed by atoms with Crippen LogP contribution in [0.5, 0.6) is 0 Å². The number of carbonyl (C=O) groups is 2. The van der Waals surface area contributed by atoms with Gasteiger partial charge in [0.1, 0.15) is 6.54 Å². The summed E-state index contributed by atoms with van der Waals surface area (Å²) in [6.45, 7) is 5.83. The van der Waals surface area contributed by atoms with Crippen molar-refractivity contribution in [3.8, 4) is 0 Å². The van der Waals surface area contributed by atoms with Gasteiger partial charge < -0.3 is 24.0 Å². The number of quaternary nitrogens is 2. The first kappa shape index (κ1) is 37.0. The molecule has 0 aliphatic heterocycles. The van der Waals surface area contributed by atoms with Gasteiger partial charge in [0.2, 0.25) is 5.24 Å². The predicted molar refractivity (Wildman–Crippen MR) is 147 cm³/mol. The molecule has 1 amide bonds. The normalized spacial score (nSPS) is 13.0. The molecule has 0 fully saturated rings. The van der Waals surface area contributed by atoms with E-state index in [2.05, 4.69) is 44.2 Å². The van der Waals surface area contributed by atoms with E-state index in [1.54, 1.807) is 0 Å². The number of halogens is 4. The molecule has 2 rings (SSSR count). The average molecular weight is 724 g/mol. The van der Waals surface area contributed by atoms with Crippen molar-refractivity contribution in [2.24, 2.45) is 5.84 Å². The molecule has 0 radical (unpaired) electrons. The van der Waals surface area contributed by atoms with Crippen LogP contribution in [0.15, 0.2) is 60.7 Å². The van der Waals surface area contributed by atoms with Gasteiger partial charge in [-0.1, -0.05) is 75.7 Å². The van der Waals surface area contributed by atoms with Gasteiger partial charge in [-0.3, -0.25) is 9.59 Å². The van der Waals surface area contributed by atoms with E-state index >= 15 is 0 Å². The number of nitrogens with two attached hydrogens (primary N) is 1. The standard InChI is InChI=1S/C11H15BrN2O.C9H15N2.C2H2BrClO.CH4.HI/c1-3-14(2,13-11(15)9-12)10-7-5-4-6-8-10;1-3-11(2,10)9-7-5-4-6-8-9;3-1-2(4)5;;/h4-8H,3,9H2,1-2H3;4-8H,3,10H2,1-2H3;1H2;1H4;1H/q;+1;;;/t14-;11-;;;/m00.../s1. The van der Waals surface area contributed by atoms with E-state index in [-0.39, 0.29) is 47.9 Å². The minimum atomic E-state index is -0.356. The van der Waals surface area contributed by atoms with Gasteiger partial charge in [0.25, 0.3) is 5.91 Å². The fraction of sp³-hybridized carbons (Fsp3) is 0.391. The topological polar surface area (TPSA) is 72.2 Å². The number of carbonyl (C=O) groups excluding carboxylic acids is 2. The summed E-state index contributed by atoms with van der Waals surface area (Å²) in [6, 6.07) is 20.0. The van der Waals surface area contributed by atoms with Gasteiger partial charge in [-0.05, 0) is 25.4 Å². The molecule has 0 aliphatic rings. The summed E-state index contributed by atoms with van der Waals surface area (Å²) < 4.78 is 0.881. The molecular weight excluding hydrogens is 686 g/mol. The summed E-state index contributed by atoms with van der Waals surface area (Å²) in [4.78, 5) is 20.9. The molecule has 2 aromatic carbocycles. The van der Waals surface area contributed by atoms with Gasteiger partial charge in [0.15, 0.2) is 11.4 Å². The zero-order valence-corrected chi connectivity index (χ0v) is 25.0. The first-order chi connectivity index (χ1) is 14.6. The third-order valence-corrected chi connectivity index (χ3v) is 6.03. The summed E-state index contributed by atoms with van der Waals surface area (Å²) in [5.41, 5.74) is 5.19. The third kappa shape index (κ3) is 15.1. The summed E-state index contributed by atoms with van der Waals surface area (Å²) in [5.74, 6) is 5.96. The van der Waals surface area contributed by atoms with Crippen molar-refractivity contribution in [3.63, 3.8) is 0 Å². The first-order valence-corrected chi connectivity index (χ1v) is 12.4. The van der Waals surface area contributed by atoms with Crippen LogP contribution in [-0.2, 0) is 9.59 Å². The second-order valence-corrected chi connectivity index (χ2v) is 8.46. The van der Waals surface area contributed by atoms with E-state index in [4.69, 9.17) is 17.4 Å². The fourth-order valence-electron chi connectivity index (χ4n) is 2.34. The Kier molecular flexibility index (Phi) is 22.1. The van der Waals surface area contributed by atoms with E-state index in [0.717, 1.165) is 24.5 Å². The van der Waals surface area contributed by atoms with Crippen molar-refractivity contribution >= 4 is 66.0 Å². The molecule has 6 nitrogen and oxygen atoms in total. The van der Waals surface area contributed by atoms with Crippen LogP contribution in [0.3, 0.4) is 0 Å². The van der Waals surface area contributed by atoms with Crippen LogP contribution < -0.4 is 44.4 Å². The summed E-state index contributed by atoms with van der Waals surface area (Å²) in [7, 11) is 3.98. The van der Waals surface area contributed by atoms with Gasteiger partial charge in [0, 0.05) is 24.3 Å². The molecule has 0 heterocycles. The molecule has 0 bridgehead atoms. The Balaban J connectivity index is -0.000000443. The molecule has 0 aliphatic carbocycles. The largest absolute Gasteiger partial charge is 1.00 e. The fourth-order valence-corrected chi connectivity index (χ4v) is 2.46. The van der Waals surface area contributed by atoms with E-state index in [9.17, 15) is 9.59 Å². The van der Waals surface area contributed by atoms with Crippen molar-refractivity contribution < 1.29 is 33.6 Å². The SMILES string of the molecule is C.CC[N@+](C)(N)c1ccccc1.CC[N@+](C)(NC(=O)CBr)c1ccccc1.O=C(Cl)CBr.[I-]. The van der Waals surface area contributed by atoms with Crippen LogP contribution in [0, 0.1) is 0 Å². The van der Waals surface area contributed by atoms with Crippen molar-refractivity contribution in [3.05, 3.63) is 60.7 Å². The van der Waals surface area contributed by atoms with Gasteiger partial charge in [-0.2, -0.15) is 15.9 Å². The molecule has 188 valence electrons. The molecule has 33 heavy (non-hydrogen) atoms. The highest BCUT2D eigenvalue weighted by atomic mass is 127. The van der Waals surface area contributed by atoms with Crippen molar-refractivity contribution in [2.45, 2.75) is 21.3 Å². The smallest absolute Gasteiger partial charge is 0.275 e. The minimum Gasteiger partial charge on any atom is -1.00 e. The highest BCUT2D eigenvalue weighted by Crippen LogP contribution is 2.17. The number of hydrogen-bond acceptors (Lipinski definition) is 3. The molecule has 0 aromatic heterocycles. The number of benzene rings is 2. The Morgan fingerprint density at radius 2 is 1.27 bits per heavy atom. The Morgan fingerprint density at radius 1 is 0.879 bits per heavy atom. The first-order valence-electron chi connectivity index (χ1n) is 9.78. The Hall–Kier alpha value is -0.560. The molecular formula is C23H37Br2ClIN4O2+. The number of amides is 1. The maximum absolute atomic E-state index is 11.4. The maximum atomic E-state index is 11.4. The molecule has 0 saturated heterocycles. The summed E-state index contributed by atoms with van der Waals surface area (Å²) in [6.07, 6.45) is 0. The van der Waals surface area contributed by atoms with E-state index in [1.165, 1.54) is 0 Å². The van der Waals surface area contributed by atoms with Crippen LogP contribution in [0.4, 0.5) is 11.4 Å². The van der Waals surface area contributed by atoms with Crippen molar-refractivity contribution in [2.75, 3.05) is 37.8 Å². The van der Waals surface area contributed by atoms with Crippen LogP contribution >= 0.6 is 43.5 Å². The molecule has 2 atom stereocenters. The molecule has 0 saturated carbocycles. The molecule has 10 heteroatoms. The van der Waals surface area contributed by atoms with E-state index in [0.29, 0.717) is 14.5 Å². The third-order valence-electron chi connectivity index (χ3n) is 4.56. The van der Waals surface area contributed by atoms with Crippen LogP contribution in [0.2, 0.25) is 0 Å². The van der Waals surface area contributed by atoms with Crippen LogP contribution in [0.1, 0.15) is 21.3 Å². The number of hydrogen-bond donors (Lipinski definition) is 2. The second-order valence-electron chi connectivity index (χ2n) is 6.92. The minimum absolute atomic E-state index is 0. The van der Waals surface area contributed by atoms with Crippen LogP contribution in [-0.4, -0.2) is 49.0 Å².